The van der Waals surface area contributed by atoms with Gasteiger partial charge < -0.3 is 10.5 Å². The van der Waals surface area contributed by atoms with Crippen molar-refractivity contribution in [3.8, 4) is 0 Å². The number of methoxy groups -OCH3 is 1. The van der Waals surface area contributed by atoms with Gasteiger partial charge in [0.25, 0.3) is 0 Å². The Balaban J connectivity index is 2.74. The molecule has 1 rings (SSSR count). The third kappa shape index (κ3) is 2.77. The molecule has 1 heterocycles. The van der Waals surface area contributed by atoms with Crippen LogP contribution in [0.5, 0.6) is 0 Å². The smallest absolute Gasteiger partial charge is 0.119 e. The van der Waals surface area contributed by atoms with Gasteiger partial charge >= 0.3 is 0 Å². The average molecular weight is 214 g/mol. The number of thiazole rings is 1. The fourth-order valence-electron chi connectivity index (χ4n) is 1.30. The molecule has 0 saturated carbocycles. The van der Waals surface area contributed by atoms with E-state index in [0.717, 1.165) is 17.1 Å². The van der Waals surface area contributed by atoms with Crippen LogP contribution in [0.25, 0.3) is 0 Å². The first kappa shape index (κ1) is 11.6. The van der Waals surface area contributed by atoms with Crippen LogP contribution in [0.4, 0.5) is 0 Å². The average Bonchev–Trinajstić information content (AvgIpc) is 2.54. The van der Waals surface area contributed by atoms with Crippen molar-refractivity contribution in [2.75, 3.05) is 13.7 Å². The van der Waals surface area contributed by atoms with E-state index in [4.69, 9.17) is 10.5 Å². The van der Waals surface area contributed by atoms with Gasteiger partial charge in [-0.3, -0.25) is 0 Å². The zero-order valence-electron chi connectivity index (χ0n) is 9.04. The summed E-state index contributed by atoms with van der Waals surface area (Å²) in [5.41, 5.74) is 6.77. The Bertz CT molecular complexity index is 283. The van der Waals surface area contributed by atoms with E-state index in [0.29, 0.717) is 13.2 Å². The summed E-state index contributed by atoms with van der Waals surface area (Å²) in [6.07, 6.45) is 0.961. The van der Waals surface area contributed by atoms with Crippen LogP contribution in [0.1, 0.15) is 31.0 Å². The molecule has 1 aromatic rings. The number of hydrogen-bond donors (Lipinski definition) is 1. The quantitative estimate of drug-likeness (QED) is 0.814. The molecule has 80 valence electrons. The standard InChI is InChI=1S/C10H18N2OS/c1-10(2,4-5-11)8-7-14-9(12-8)6-13-3/h7H,4-6,11H2,1-3H3. The molecule has 0 fully saturated rings. The first-order valence-corrected chi connectivity index (χ1v) is 5.62. The Hall–Kier alpha value is -0.450. The van der Waals surface area contributed by atoms with E-state index in [-0.39, 0.29) is 5.41 Å². The van der Waals surface area contributed by atoms with Crippen molar-refractivity contribution in [1.29, 1.82) is 0 Å². The van der Waals surface area contributed by atoms with Gasteiger partial charge in [0, 0.05) is 17.9 Å². The Morgan fingerprint density at radius 3 is 2.86 bits per heavy atom. The first-order valence-electron chi connectivity index (χ1n) is 4.74. The Labute approximate surface area is 89.3 Å². The van der Waals surface area contributed by atoms with Crippen LogP contribution < -0.4 is 5.73 Å². The molecule has 0 atom stereocenters. The summed E-state index contributed by atoms with van der Waals surface area (Å²) in [6.45, 7) is 5.64. The lowest BCUT2D eigenvalue weighted by atomic mass is 9.86. The number of aromatic nitrogens is 1. The lowest BCUT2D eigenvalue weighted by molar-refractivity contribution is 0.184. The summed E-state index contributed by atoms with van der Waals surface area (Å²) < 4.78 is 5.04. The zero-order chi connectivity index (χ0) is 10.6. The van der Waals surface area contributed by atoms with Crippen molar-refractivity contribution >= 4 is 11.3 Å². The molecule has 4 heteroatoms. The molecular weight excluding hydrogens is 196 g/mol. The van der Waals surface area contributed by atoms with Crippen LogP contribution >= 0.6 is 11.3 Å². The molecule has 0 bridgehead atoms. The maximum atomic E-state index is 5.57. The van der Waals surface area contributed by atoms with Crippen molar-refractivity contribution < 1.29 is 4.74 Å². The molecule has 0 aliphatic carbocycles. The van der Waals surface area contributed by atoms with Crippen molar-refractivity contribution in [2.24, 2.45) is 5.73 Å². The van der Waals surface area contributed by atoms with Crippen LogP contribution in [0.15, 0.2) is 5.38 Å². The van der Waals surface area contributed by atoms with Gasteiger partial charge in [0.15, 0.2) is 0 Å². The number of nitrogens with zero attached hydrogens (tertiary/aromatic N) is 1. The molecule has 2 N–H and O–H groups in total. The van der Waals surface area contributed by atoms with Crippen LogP contribution in [0.3, 0.4) is 0 Å². The predicted molar refractivity (Wildman–Crippen MR) is 59.5 cm³/mol. The summed E-state index contributed by atoms with van der Waals surface area (Å²) in [5, 5.41) is 3.14. The molecule has 0 unspecified atom stereocenters. The third-order valence-corrected chi connectivity index (χ3v) is 3.10. The van der Waals surface area contributed by atoms with Gasteiger partial charge in [-0.15, -0.1) is 11.3 Å². The minimum Gasteiger partial charge on any atom is -0.378 e. The van der Waals surface area contributed by atoms with Crippen molar-refractivity contribution in [3.63, 3.8) is 0 Å². The van der Waals surface area contributed by atoms with Gasteiger partial charge in [0.1, 0.15) is 5.01 Å². The topological polar surface area (TPSA) is 48.1 Å². The highest BCUT2D eigenvalue weighted by Gasteiger charge is 2.22. The molecule has 0 aliphatic heterocycles. The van der Waals surface area contributed by atoms with Gasteiger partial charge in [0.05, 0.1) is 12.3 Å². The second-order valence-corrected chi connectivity index (χ2v) is 4.92. The predicted octanol–water partition coefficient (Wildman–Crippen LogP) is 1.92. The molecule has 0 aliphatic rings. The molecule has 0 amide bonds. The second-order valence-electron chi connectivity index (χ2n) is 3.98. The number of rotatable bonds is 5. The van der Waals surface area contributed by atoms with Crippen LogP contribution in [0.2, 0.25) is 0 Å². The largest absolute Gasteiger partial charge is 0.378 e. The Morgan fingerprint density at radius 1 is 1.57 bits per heavy atom. The summed E-state index contributed by atoms with van der Waals surface area (Å²) in [4.78, 5) is 4.53. The molecule has 0 spiro atoms. The van der Waals surface area contributed by atoms with E-state index < -0.39 is 0 Å². The number of hydrogen-bond acceptors (Lipinski definition) is 4. The highest BCUT2D eigenvalue weighted by Crippen LogP contribution is 2.27. The summed E-state index contributed by atoms with van der Waals surface area (Å²) in [6, 6.07) is 0. The minimum absolute atomic E-state index is 0.0806. The Kier molecular flexibility index (Phi) is 4.04. The molecule has 0 saturated heterocycles. The van der Waals surface area contributed by atoms with Crippen molar-refractivity contribution in [1.82, 2.24) is 4.98 Å². The molecule has 1 aromatic heterocycles. The van der Waals surface area contributed by atoms with Gasteiger partial charge in [0.2, 0.25) is 0 Å². The third-order valence-electron chi connectivity index (χ3n) is 2.28. The highest BCUT2D eigenvalue weighted by molar-refractivity contribution is 7.09. The van der Waals surface area contributed by atoms with E-state index in [1.165, 1.54) is 0 Å². The Morgan fingerprint density at radius 2 is 2.29 bits per heavy atom. The van der Waals surface area contributed by atoms with Crippen LogP contribution in [-0.2, 0) is 16.8 Å². The van der Waals surface area contributed by atoms with Crippen molar-refractivity contribution in [2.45, 2.75) is 32.3 Å². The van der Waals surface area contributed by atoms with E-state index in [9.17, 15) is 0 Å². The SMILES string of the molecule is COCc1nc(C(C)(C)CCN)cs1. The van der Waals surface area contributed by atoms with E-state index in [1.807, 2.05) is 0 Å². The maximum Gasteiger partial charge on any atom is 0.119 e. The van der Waals surface area contributed by atoms with Crippen molar-refractivity contribution in [3.05, 3.63) is 16.1 Å². The lowest BCUT2D eigenvalue weighted by Crippen LogP contribution is -2.22. The van der Waals surface area contributed by atoms with Gasteiger partial charge in [-0.05, 0) is 13.0 Å². The summed E-state index contributed by atoms with van der Waals surface area (Å²) in [7, 11) is 1.69. The van der Waals surface area contributed by atoms with Crippen LogP contribution in [0, 0.1) is 0 Å². The lowest BCUT2D eigenvalue weighted by Gasteiger charge is -2.21. The van der Waals surface area contributed by atoms with Gasteiger partial charge in [-0.1, -0.05) is 13.8 Å². The first-order chi connectivity index (χ1) is 6.60. The molecular formula is C10H18N2OS. The number of nitrogens with two attached hydrogens (primary N) is 1. The summed E-state index contributed by atoms with van der Waals surface area (Å²) >= 11 is 1.65. The fourth-order valence-corrected chi connectivity index (χ4v) is 2.26. The monoisotopic (exact) mass is 214 g/mol. The second kappa shape index (κ2) is 4.87. The molecule has 14 heavy (non-hydrogen) atoms. The molecule has 0 radical (unpaired) electrons. The van der Waals surface area contributed by atoms with Gasteiger partial charge in [-0.25, -0.2) is 4.98 Å². The minimum atomic E-state index is 0.0806. The van der Waals surface area contributed by atoms with E-state index in [1.54, 1.807) is 18.4 Å². The van der Waals surface area contributed by atoms with E-state index >= 15 is 0 Å². The maximum absolute atomic E-state index is 5.57. The fraction of sp³-hybridized carbons (Fsp3) is 0.700. The highest BCUT2D eigenvalue weighted by atomic mass is 32.1. The zero-order valence-corrected chi connectivity index (χ0v) is 9.86. The molecule has 3 nitrogen and oxygen atoms in total. The van der Waals surface area contributed by atoms with E-state index in [2.05, 4.69) is 24.2 Å². The number of ether oxygens (including phenoxy) is 1. The summed E-state index contributed by atoms with van der Waals surface area (Å²) in [5.74, 6) is 0. The van der Waals surface area contributed by atoms with Gasteiger partial charge in [-0.2, -0.15) is 0 Å². The molecule has 0 aromatic carbocycles. The van der Waals surface area contributed by atoms with Crippen LogP contribution in [-0.4, -0.2) is 18.6 Å². The normalized spacial score (nSPS) is 12.0.